The molecule has 0 aliphatic heterocycles. The molecule has 0 saturated heterocycles. The zero-order valence-electron chi connectivity index (χ0n) is 13.2. The molecular weight excluding hydrogens is 307 g/mol. The van der Waals surface area contributed by atoms with Crippen molar-refractivity contribution < 1.29 is 9.18 Å². The Morgan fingerprint density at radius 3 is 2.75 bits per heavy atom. The molecule has 0 unspecified atom stereocenters. The topological polar surface area (TPSA) is 59.8 Å². The second kappa shape index (κ2) is 7.04. The van der Waals surface area contributed by atoms with E-state index in [1.54, 1.807) is 17.9 Å². The van der Waals surface area contributed by atoms with Gasteiger partial charge in [-0.05, 0) is 42.8 Å². The summed E-state index contributed by atoms with van der Waals surface area (Å²) < 4.78 is 13.2. The molecule has 122 valence electrons. The Kier molecular flexibility index (Phi) is 4.65. The summed E-state index contributed by atoms with van der Waals surface area (Å²) in [6.45, 7) is 2.07. The molecular formula is C18H17FN4O. The second-order valence-electron chi connectivity index (χ2n) is 5.43. The number of carbonyl (C=O) groups excluding carboxylic acids is 1. The Labute approximate surface area is 139 Å². The first kappa shape index (κ1) is 15.9. The number of halogens is 1. The van der Waals surface area contributed by atoms with Gasteiger partial charge in [0.25, 0.3) is 5.91 Å². The summed E-state index contributed by atoms with van der Waals surface area (Å²) in [7, 11) is 0. The van der Waals surface area contributed by atoms with Crippen LogP contribution >= 0.6 is 0 Å². The molecule has 1 heterocycles. The fourth-order valence-corrected chi connectivity index (χ4v) is 2.29. The zero-order chi connectivity index (χ0) is 16.9. The summed E-state index contributed by atoms with van der Waals surface area (Å²) in [4.78, 5) is 13.6. The van der Waals surface area contributed by atoms with Gasteiger partial charge < -0.3 is 5.32 Å². The van der Waals surface area contributed by atoms with E-state index in [4.69, 9.17) is 0 Å². The van der Waals surface area contributed by atoms with Crippen molar-refractivity contribution in [3.05, 3.63) is 77.4 Å². The monoisotopic (exact) mass is 324 g/mol. The van der Waals surface area contributed by atoms with E-state index in [1.807, 2.05) is 30.3 Å². The molecule has 1 amide bonds. The van der Waals surface area contributed by atoms with E-state index >= 15 is 0 Å². The summed E-state index contributed by atoms with van der Waals surface area (Å²) in [6, 6.07) is 13.9. The molecule has 0 bridgehead atoms. The molecule has 0 aliphatic rings. The molecule has 24 heavy (non-hydrogen) atoms. The fourth-order valence-electron chi connectivity index (χ4n) is 2.29. The van der Waals surface area contributed by atoms with Gasteiger partial charge in [0, 0.05) is 18.5 Å². The van der Waals surface area contributed by atoms with E-state index < -0.39 is 0 Å². The molecule has 0 spiro atoms. The largest absolute Gasteiger partial charge is 0.352 e. The van der Waals surface area contributed by atoms with Crippen LogP contribution in [0.4, 0.5) is 4.39 Å². The number of benzene rings is 2. The summed E-state index contributed by atoms with van der Waals surface area (Å²) in [5.41, 5.74) is 2.57. The Balaban J connectivity index is 1.56. The first-order chi connectivity index (χ1) is 11.6. The van der Waals surface area contributed by atoms with Crippen molar-refractivity contribution in [2.24, 2.45) is 0 Å². The van der Waals surface area contributed by atoms with Crippen molar-refractivity contribution in [3.63, 3.8) is 0 Å². The van der Waals surface area contributed by atoms with Gasteiger partial charge in [0.15, 0.2) is 0 Å². The molecule has 0 radical (unpaired) electrons. The highest BCUT2D eigenvalue weighted by atomic mass is 19.1. The predicted molar refractivity (Wildman–Crippen MR) is 88.5 cm³/mol. The second-order valence-corrected chi connectivity index (χ2v) is 5.43. The van der Waals surface area contributed by atoms with E-state index in [9.17, 15) is 9.18 Å². The van der Waals surface area contributed by atoms with Crippen LogP contribution in [0.25, 0.3) is 5.69 Å². The van der Waals surface area contributed by atoms with E-state index in [-0.39, 0.29) is 11.7 Å². The number of amides is 1. The molecule has 5 nitrogen and oxygen atoms in total. The molecule has 1 N–H and O–H groups in total. The number of nitrogens with one attached hydrogen (secondary N) is 1. The quantitative estimate of drug-likeness (QED) is 0.785. The van der Waals surface area contributed by atoms with E-state index in [0.29, 0.717) is 24.1 Å². The average Bonchev–Trinajstić information content (AvgIpc) is 3.07. The molecule has 0 atom stereocenters. The van der Waals surface area contributed by atoms with E-state index in [1.165, 1.54) is 18.2 Å². The number of hydrogen-bond donors (Lipinski definition) is 1. The lowest BCUT2D eigenvalue weighted by molar-refractivity contribution is 0.0954. The smallest absolute Gasteiger partial charge is 0.251 e. The number of hydrogen-bond acceptors (Lipinski definition) is 3. The lowest BCUT2D eigenvalue weighted by Crippen LogP contribution is -2.25. The SMILES string of the molecule is Cc1cc(C(=O)NCCc2cnn(-c3ccccc3)n2)ccc1F. The lowest BCUT2D eigenvalue weighted by Gasteiger charge is -2.05. The Morgan fingerprint density at radius 1 is 1.21 bits per heavy atom. The maximum absolute atomic E-state index is 13.2. The highest BCUT2D eigenvalue weighted by molar-refractivity contribution is 5.94. The maximum Gasteiger partial charge on any atom is 0.251 e. The molecule has 2 aromatic carbocycles. The Hall–Kier alpha value is -3.02. The van der Waals surface area contributed by atoms with Gasteiger partial charge in [0.2, 0.25) is 0 Å². The average molecular weight is 324 g/mol. The predicted octanol–water partition coefficient (Wildman–Crippen LogP) is 2.69. The molecule has 0 saturated carbocycles. The molecule has 1 aromatic heterocycles. The van der Waals surface area contributed by atoms with Crippen LogP contribution in [-0.4, -0.2) is 27.4 Å². The van der Waals surface area contributed by atoms with Crippen LogP contribution in [-0.2, 0) is 6.42 Å². The van der Waals surface area contributed by atoms with Gasteiger partial charge in [-0.15, -0.1) is 0 Å². The minimum atomic E-state index is -0.316. The highest BCUT2D eigenvalue weighted by Crippen LogP contribution is 2.09. The summed E-state index contributed by atoms with van der Waals surface area (Å²) in [5.74, 6) is -0.544. The zero-order valence-corrected chi connectivity index (χ0v) is 13.2. The first-order valence-electron chi connectivity index (χ1n) is 7.64. The van der Waals surface area contributed by atoms with Gasteiger partial charge in [-0.1, -0.05) is 18.2 Å². The number of carbonyl (C=O) groups is 1. The number of rotatable bonds is 5. The van der Waals surface area contributed by atoms with Crippen LogP contribution in [0, 0.1) is 12.7 Å². The van der Waals surface area contributed by atoms with Gasteiger partial charge >= 0.3 is 0 Å². The number of para-hydroxylation sites is 1. The number of nitrogens with zero attached hydrogens (tertiary/aromatic N) is 3. The number of aryl methyl sites for hydroxylation is 1. The van der Waals surface area contributed by atoms with Crippen molar-refractivity contribution in [2.75, 3.05) is 6.54 Å². The van der Waals surface area contributed by atoms with Gasteiger partial charge in [-0.2, -0.15) is 15.0 Å². The Bertz CT molecular complexity index is 845. The van der Waals surface area contributed by atoms with Gasteiger partial charge in [-0.3, -0.25) is 4.79 Å². The van der Waals surface area contributed by atoms with Crippen LogP contribution in [0.5, 0.6) is 0 Å². The van der Waals surface area contributed by atoms with Crippen molar-refractivity contribution in [1.29, 1.82) is 0 Å². The van der Waals surface area contributed by atoms with Crippen LogP contribution in [0.15, 0.2) is 54.7 Å². The van der Waals surface area contributed by atoms with Gasteiger partial charge in [0.05, 0.1) is 17.6 Å². The minimum absolute atomic E-state index is 0.228. The summed E-state index contributed by atoms with van der Waals surface area (Å²) in [5, 5.41) is 11.4. The van der Waals surface area contributed by atoms with E-state index in [2.05, 4.69) is 15.5 Å². The van der Waals surface area contributed by atoms with Crippen molar-refractivity contribution in [2.45, 2.75) is 13.3 Å². The first-order valence-corrected chi connectivity index (χ1v) is 7.64. The Morgan fingerprint density at radius 2 is 2.00 bits per heavy atom. The van der Waals surface area contributed by atoms with E-state index in [0.717, 1.165) is 11.4 Å². The standard InChI is InChI=1S/C18H17FN4O/c1-13-11-14(7-8-17(13)19)18(24)20-10-9-15-12-21-23(22-15)16-5-3-2-4-6-16/h2-8,11-12H,9-10H2,1H3,(H,20,24). The molecule has 0 aliphatic carbocycles. The van der Waals surface area contributed by atoms with Gasteiger partial charge in [-0.25, -0.2) is 4.39 Å². The molecule has 3 aromatic rings. The van der Waals surface area contributed by atoms with Crippen molar-refractivity contribution >= 4 is 5.91 Å². The van der Waals surface area contributed by atoms with Crippen LogP contribution in [0.2, 0.25) is 0 Å². The summed E-state index contributed by atoms with van der Waals surface area (Å²) in [6.07, 6.45) is 2.25. The van der Waals surface area contributed by atoms with Crippen molar-refractivity contribution in [1.82, 2.24) is 20.3 Å². The fraction of sp³-hybridized carbons (Fsp3) is 0.167. The third-order valence-electron chi connectivity index (χ3n) is 3.61. The molecule has 0 fully saturated rings. The third kappa shape index (κ3) is 3.65. The molecule has 3 rings (SSSR count). The van der Waals surface area contributed by atoms with Crippen LogP contribution in [0.1, 0.15) is 21.6 Å². The summed E-state index contributed by atoms with van der Waals surface area (Å²) >= 11 is 0. The maximum atomic E-state index is 13.2. The van der Waals surface area contributed by atoms with Crippen LogP contribution < -0.4 is 5.32 Å². The minimum Gasteiger partial charge on any atom is -0.352 e. The van der Waals surface area contributed by atoms with Crippen molar-refractivity contribution in [3.8, 4) is 5.69 Å². The lowest BCUT2D eigenvalue weighted by atomic mass is 10.1. The highest BCUT2D eigenvalue weighted by Gasteiger charge is 2.08. The number of aromatic nitrogens is 3. The van der Waals surface area contributed by atoms with Gasteiger partial charge in [0.1, 0.15) is 5.82 Å². The van der Waals surface area contributed by atoms with Crippen LogP contribution in [0.3, 0.4) is 0 Å². The third-order valence-corrected chi connectivity index (χ3v) is 3.61. The molecule has 6 heteroatoms. The normalized spacial score (nSPS) is 10.6.